The van der Waals surface area contributed by atoms with E-state index in [0.717, 1.165) is 16.9 Å². The second kappa shape index (κ2) is 10.6. The summed E-state index contributed by atoms with van der Waals surface area (Å²) >= 11 is 1.61. The number of nitrogens with two attached hydrogens (primary N) is 1. The molecule has 5 nitrogen and oxygen atoms in total. The molecule has 1 aromatic heterocycles. The summed E-state index contributed by atoms with van der Waals surface area (Å²) in [7, 11) is 0. The predicted molar refractivity (Wildman–Crippen MR) is 120 cm³/mol. The summed E-state index contributed by atoms with van der Waals surface area (Å²) in [6.07, 6.45) is 3.41. The van der Waals surface area contributed by atoms with Gasteiger partial charge >= 0.3 is 0 Å². The molecule has 0 spiro atoms. The van der Waals surface area contributed by atoms with Gasteiger partial charge in [-0.3, -0.25) is 9.59 Å². The van der Waals surface area contributed by atoms with E-state index in [1.807, 2.05) is 17.5 Å². The van der Waals surface area contributed by atoms with Gasteiger partial charge in [-0.1, -0.05) is 43.7 Å². The highest BCUT2D eigenvalue weighted by molar-refractivity contribution is 7.10. The molecule has 2 aromatic carbocycles. The molecule has 0 fully saturated rings. The summed E-state index contributed by atoms with van der Waals surface area (Å²) in [6, 6.07) is 18.9. The van der Waals surface area contributed by atoms with Gasteiger partial charge in [0.2, 0.25) is 0 Å². The maximum atomic E-state index is 12.9. The van der Waals surface area contributed by atoms with Crippen LogP contribution in [0.15, 0.2) is 66.0 Å². The Morgan fingerprint density at radius 1 is 1.07 bits per heavy atom. The molecular weight excluding hydrogens is 396 g/mol. The minimum atomic E-state index is -0.545. The Labute approximate surface area is 180 Å². The number of aryl methyl sites for hydroxylation is 1. The summed E-state index contributed by atoms with van der Waals surface area (Å²) in [6.45, 7) is 1.99. The topological polar surface area (TPSA) is 81.4 Å². The van der Waals surface area contributed by atoms with E-state index in [-0.39, 0.29) is 18.6 Å². The minimum absolute atomic E-state index is 0.176. The Balaban J connectivity index is 1.74. The fourth-order valence-electron chi connectivity index (χ4n) is 3.10. The minimum Gasteiger partial charge on any atom is -0.484 e. The van der Waals surface area contributed by atoms with Gasteiger partial charge in [0.15, 0.2) is 6.61 Å². The largest absolute Gasteiger partial charge is 0.484 e. The molecule has 156 valence electrons. The van der Waals surface area contributed by atoms with Crippen molar-refractivity contribution in [3.05, 3.63) is 87.6 Å². The lowest BCUT2D eigenvalue weighted by molar-refractivity contribution is -0.119. The van der Waals surface area contributed by atoms with Crippen LogP contribution >= 0.6 is 11.3 Å². The number of unbranched alkanes of at least 4 members (excludes halogenated alkanes) is 1. The van der Waals surface area contributed by atoms with Gasteiger partial charge in [0.1, 0.15) is 5.75 Å². The summed E-state index contributed by atoms with van der Waals surface area (Å²) < 4.78 is 5.25. The van der Waals surface area contributed by atoms with Gasteiger partial charge in [-0.2, -0.15) is 0 Å². The molecule has 3 aromatic rings. The normalized spacial score (nSPS) is 11.6. The average Bonchev–Trinajstić information content (AvgIpc) is 3.30. The summed E-state index contributed by atoms with van der Waals surface area (Å²) in [4.78, 5) is 24.8. The number of thiophene rings is 1. The lowest BCUT2D eigenvalue weighted by Gasteiger charge is -2.19. The molecule has 6 heteroatoms. The number of hydrogen-bond acceptors (Lipinski definition) is 4. The van der Waals surface area contributed by atoms with Gasteiger partial charge < -0.3 is 15.8 Å². The standard InChI is InChI=1S/C24H26N2O3S/c1-2-3-5-17-7-9-18(10-8-17)23(21-6-4-15-30-21)26-24(28)19-11-13-20(14-12-19)29-16-22(25)27/h4,6-15,23H,2-3,5,16H2,1H3,(H2,25,27)(H,26,28)/t23-/m0/s1. The molecule has 0 bridgehead atoms. The molecule has 0 saturated heterocycles. The molecule has 1 heterocycles. The Morgan fingerprint density at radius 2 is 1.80 bits per heavy atom. The summed E-state index contributed by atoms with van der Waals surface area (Å²) in [5.41, 5.74) is 7.95. The third-order valence-electron chi connectivity index (χ3n) is 4.73. The molecule has 3 N–H and O–H groups in total. The second-order valence-corrected chi connectivity index (χ2v) is 8.03. The molecule has 0 aliphatic rings. The number of ether oxygens (including phenoxy) is 1. The monoisotopic (exact) mass is 422 g/mol. The number of amides is 2. The third-order valence-corrected chi connectivity index (χ3v) is 5.67. The first-order valence-corrected chi connectivity index (χ1v) is 10.9. The maximum absolute atomic E-state index is 12.9. The van der Waals surface area contributed by atoms with E-state index in [1.54, 1.807) is 35.6 Å². The van der Waals surface area contributed by atoms with E-state index in [4.69, 9.17) is 10.5 Å². The Bertz CT molecular complexity index is 951. The number of carbonyl (C=O) groups excluding carboxylic acids is 2. The van der Waals surface area contributed by atoms with Gasteiger partial charge in [-0.05, 0) is 59.7 Å². The average molecular weight is 423 g/mol. The smallest absolute Gasteiger partial charge is 0.255 e. The number of nitrogens with one attached hydrogen (secondary N) is 1. The van der Waals surface area contributed by atoms with Crippen LogP contribution in [0, 0.1) is 0 Å². The van der Waals surface area contributed by atoms with Crippen LogP contribution in [-0.2, 0) is 11.2 Å². The first-order valence-electron chi connectivity index (χ1n) is 10.0. The zero-order valence-electron chi connectivity index (χ0n) is 17.0. The highest BCUT2D eigenvalue weighted by Gasteiger charge is 2.19. The van der Waals surface area contributed by atoms with E-state index >= 15 is 0 Å². The molecule has 2 amide bonds. The van der Waals surface area contributed by atoms with Crippen LogP contribution in [0.25, 0.3) is 0 Å². The Hall–Kier alpha value is -3.12. The Morgan fingerprint density at radius 3 is 2.40 bits per heavy atom. The van der Waals surface area contributed by atoms with Gasteiger partial charge in [0.25, 0.3) is 11.8 Å². The lowest BCUT2D eigenvalue weighted by Crippen LogP contribution is -2.28. The Kier molecular flexibility index (Phi) is 7.63. The summed E-state index contributed by atoms with van der Waals surface area (Å²) in [5.74, 6) is -0.232. The SMILES string of the molecule is CCCCc1ccc([C@H](NC(=O)c2ccc(OCC(N)=O)cc2)c2cccs2)cc1. The van der Waals surface area contributed by atoms with Crippen LogP contribution in [0.4, 0.5) is 0 Å². The van der Waals surface area contributed by atoms with Crippen LogP contribution in [0.5, 0.6) is 5.75 Å². The highest BCUT2D eigenvalue weighted by atomic mass is 32.1. The van der Waals surface area contributed by atoms with E-state index in [0.29, 0.717) is 11.3 Å². The number of rotatable bonds is 10. The van der Waals surface area contributed by atoms with Crippen molar-refractivity contribution in [3.8, 4) is 5.75 Å². The van der Waals surface area contributed by atoms with Crippen LogP contribution in [0.1, 0.15) is 52.2 Å². The maximum Gasteiger partial charge on any atom is 0.255 e. The first-order chi connectivity index (χ1) is 14.6. The van der Waals surface area contributed by atoms with Crippen molar-refractivity contribution in [1.82, 2.24) is 5.32 Å². The van der Waals surface area contributed by atoms with E-state index in [2.05, 4.69) is 36.5 Å². The van der Waals surface area contributed by atoms with Gasteiger partial charge in [0.05, 0.1) is 6.04 Å². The van der Waals surface area contributed by atoms with Crippen LogP contribution in [-0.4, -0.2) is 18.4 Å². The van der Waals surface area contributed by atoms with Crippen molar-refractivity contribution in [3.63, 3.8) is 0 Å². The zero-order valence-corrected chi connectivity index (χ0v) is 17.8. The zero-order chi connectivity index (χ0) is 21.3. The highest BCUT2D eigenvalue weighted by Crippen LogP contribution is 2.27. The van der Waals surface area contributed by atoms with Crippen molar-refractivity contribution in [2.75, 3.05) is 6.61 Å². The molecule has 30 heavy (non-hydrogen) atoms. The van der Waals surface area contributed by atoms with Crippen LogP contribution in [0.2, 0.25) is 0 Å². The van der Waals surface area contributed by atoms with Crippen molar-refractivity contribution in [1.29, 1.82) is 0 Å². The quantitative estimate of drug-likeness (QED) is 0.506. The molecule has 1 atom stereocenters. The molecule has 0 radical (unpaired) electrons. The van der Waals surface area contributed by atoms with Crippen molar-refractivity contribution >= 4 is 23.2 Å². The molecular formula is C24H26N2O3S. The molecule has 0 aliphatic carbocycles. The first kappa shape index (κ1) is 21.6. The van der Waals surface area contributed by atoms with Crippen LogP contribution < -0.4 is 15.8 Å². The molecule has 0 aliphatic heterocycles. The molecule has 3 rings (SSSR count). The second-order valence-electron chi connectivity index (χ2n) is 7.05. The van der Waals surface area contributed by atoms with Crippen molar-refractivity contribution < 1.29 is 14.3 Å². The van der Waals surface area contributed by atoms with E-state index < -0.39 is 5.91 Å². The third kappa shape index (κ3) is 5.94. The fraction of sp³-hybridized carbons (Fsp3) is 0.250. The lowest BCUT2D eigenvalue weighted by atomic mass is 10.0. The van der Waals surface area contributed by atoms with Gasteiger partial charge in [-0.15, -0.1) is 11.3 Å². The number of carbonyl (C=O) groups is 2. The predicted octanol–water partition coefficient (Wildman–Crippen LogP) is 4.47. The number of hydrogen-bond donors (Lipinski definition) is 2. The van der Waals surface area contributed by atoms with Gasteiger partial charge in [-0.25, -0.2) is 0 Å². The van der Waals surface area contributed by atoms with E-state index in [9.17, 15) is 9.59 Å². The van der Waals surface area contributed by atoms with Crippen LogP contribution in [0.3, 0.4) is 0 Å². The molecule has 0 saturated carbocycles. The fourth-order valence-corrected chi connectivity index (χ4v) is 3.91. The number of primary amides is 1. The van der Waals surface area contributed by atoms with Crippen molar-refractivity contribution in [2.24, 2.45) is 5.73 Å². The van der Waals surface area contributed by atoms with Gasteiger partial charge in [0, 0.05) is 10.4 Å². The molecule has 0 unspecified atom stereocenters. The summed E-state index contributed by atoms with van der Waals surface area (Å²) in [5, 5.41) is 5.15. The van der Waals surface area contributed by atoms with Crippen molar-refractivity contribution in [2.45, 2.75) is 32.2 Å². The van der Waals surface area contributed by atoms with E-state index in [1.165, 1.54) is 18.4 Å². The number of benzene rings is 2.